The summed E-state index contributed by atoms with van der Waals surface area (Å²) >= 11 is 0. The molecule has 0 unspecified atom stereocenters. The second-order valence-corrected chi connectivity index (χ2v) is 9.65. The summed E-state index contributed by atoms with van der Waals surface area (Å²) in [5.41, 5.74) is 1.52. The lowest BCUT2D eigenvalue weighted by Gasteiger charge is -2.37. The maximum atomic E-state index is 12.8. The minimum atomic E-state index is -4.47. The molecule has 4 atom stereocenters. The molecule has 40 heavy (non-hydrogen) atoms. The summed E-state index contributed by atoms with van der Waals surface area (Å²) in [6, 6.07) is 12.2. The van der Waals surface area contributed by atoms with Gasteiger partial charge in [0.25, 0.3) is 0 Å². The molecule has 0 spiro atoms. The number of anilines is 2. The van der Waals surface area contributed by atoms with Crippen molar-refractivity contribution in [2.75, 3.05) is 17.2 Å². The quantitative estimate of drug-likeness (QED) is 0.341. The van der Waals surface area contributed by atoms with Crippen molar-refractivity contribution in [3.05, 3.63) is 83.7 Å². The molecule has 3 aromatic rings. The number of aliphatic hydroxyl groups is 1. The van der Waals surface area contributed by atoms with E-state index in [9.17, 15) is 27.9 Å². The lowest BCUT2D eigenvalue weighted by Crippen LogP contribution is -2.47. The summed E-state index contributed by atoms with van der Waals surface area (Å²) in [5.74, 6) is 0.211. The highest BCUT2D eigenvalue weighted by molar-refractivity contribution is 5.99. The summed E-state index contributed by atoms with van der Waals surface area (Å²) in [6.07, 6.45) is -2.12. The molecule has 5 rings (SSSR count). The van der Waals surface area contributed by atoms with Crippen LogP contribution in [0, 0.1) is 0 Å². The standard InChI is InChI=1S/C28H27F3N4O5/c29-28(30,31)17-3-5-18(6-4-17)34-27(38)35-19-7-8-23-21(10-19)22-11-20(39-24(15-36)26(22)40-23)12-25(37)33-14-16-2-1-9-32-13-16/h1-10,13,20,22,24,26,36H,11-12,14-15H2,(H,33,37)(H2,34,35,38)/t20-,22+,24-,26-/m0/s1. The average molecular weight is 557 g/mol. The molecule has 2 aliphatic rings. The molecule has 4 N–H and O–H groups in total. The molecule has 12 heteroatoms. The molecule has 9 nitrogen and oxygen atoms in total. The van der Waals surface area contributed by atoms with E-state index in [4.69, 9.17) is 9.47 Å². The molecular formula is C28H27F3N4O5. The SMILES string of the molecule is O=C(C[C@@H]1C[C@@H]2c3cc(NC(=O)Nc4ccc(C(F)(F)F)cc4)ccc3O[C@@H]2[C@H](CO)O1)NCc1cccnc1. The second-order valence-electron chi connectivity index (χ2n) is 9.65. The summed E-state index contributed by atoms with van der Waals surface area (Å²) in [6.45, 7) is 0.0496. The Balaban J connectivity index is 1.22. The Morgan fingerprint density at radius 2 is 1.80 bits per heavy atom. The fraction of sp³-hybridized carbons (Fsp3) is 0.321. The lowest BCUT2D eigenvalue weighted by molar-refractivity contribution is -0.142. The number of hydrogen-bond donors (Lipinski definition) is 4. The van der Waals surface area contributed by atoms with Crippen molar-refractivity contribution in [3.63, 3.8) is 0 Å². The Bertz CT molecular complexity index is 1350. The summed E-state index contributed by atoms with van der Waals surface area (Å²) < 4.78 is 50.4. The van der Waals surface area contributed by atoms with Crippen molar-refractivity contribution in [3.8, 4) is 5.75 Å². The van der Waals surface area contributed by atoms with Crippen LogP contribution in [0.4, 0.5) is 29.3 Å². The summed E-state index contributed by atoms with van der Waals surface area (Å²) in [4.78, 5) is 29.1. The lowest BCUT2D eigenvalue weighted by atomic mass is 9.84. The predicted molar refractivity (Wildman–Crippen MR) is 139 cm³/mol. The number of carbonyl (C=O) groups is 2. The smallest absolute Gasteiger partial charge is 0.416 e. The zero-order valence-corrected chi connectivity index (χ0v) is 21.1. The largest absolute Gasteiger partial charge is 0.487 e. The van der Waals surface area contributed by atoms with Gasteiger partial charge in [-0.25, -0.2) is 4.79 Å². The van der Waals surface area contributed by atoms with E-state index >= 15 is 0 Å². The van der Waals surface area contributed by atoms with E-state index in [0.29, 0.717) is 24.4 Å². The first-order valence-corrected chi connectivity index (χ1v) is 12.7. The molecule has 1 aromatic heterocycles. The van der Waals surface area contributed by atoms with Crippen molar-refractivity contribution in [2.45, 2.75) is 49.8 Å². The van der Waals surface area contributed by atoms with E-state index in [2.05, 4.69) is 20.9 Å². The number of halogens is 3. The number of rotatable bonds is 7. The molecule has 0 bridgehead atoms. The number of pyridine rings is 1. The Morgan fingerprint density at radius 1 is 1.05 bits per heavy atom. The third-order valence-electron chi connectivity index (χ3n) is 6.85. The zero-order chi connectivity index (χ0) is 28.3. The second kappa shape index (κ2) is 11.5. The minimum Gasteiger partial charge on any atom is -0.487 e. The summed E-state index contributed by atoms with van der Waals surface area (Å²) in [7, 11) is 0. The topological polar surface area (TPSA) is 122 Å². The van der Waals surface area contributed by atoms with Gasteiger partial charge in [-0.05, 0) is 60.5 Å². The number of benzene rings is 2. The first kappa shape index (κ1) is 27.4. The maximum absolute atomic E-state index is 12.8. The first-order chi connectivity index (χ1) is 19.2. The van der Waals surface area contributed by atoms with Gasteiger partial charge in [-0.15, -0.1) is 0 Å². The highest BCUT2D eigenvalue weighted by Crippen LogP contribution is 2.47. The van der Waals surface area contributed by atoms with Gasteiger partial charge in [0.1, 0.15) is 18.0 Å². The number of ether oxygens (including phenoxy) is 2. The number of alkyl halides is 3. The molecule has 0 aliphatic carbocycles. The van der Waals surface area contributed by atoms with Crippen LogP contribution < -0.4 is 20.7 Å². The molecule has 3 amide bonds. The number of fused-ring (bicyclic) bond motifs is 3. The van der Waals surface area contributed by atoms with E-state index < -0.39 is 36.1 Å². The number of hydrogen-bond acceptors (Lipinski definition) is 6. The van der Waals surface area contributed by atoms with Crippen LogP contribution in [0.1, 0.15) is 35.4 Å². The number of nitrogens with one attached hydrogen (secondary N) is 3. The van der Waals surface area contributed by atoms with Gasteiger partial charge in [0.05, 0.1) is 24.7 Å². The fourth-order valence-corrected chi connectivity index (χ4v) is 4.99. The summed E-state index contributed by atoms with van der Waals surface area (Å²) in [5, 5.41) is 18.0. The van der Waals surface area contributed by atoms with Gasteiger partial charge < -0.3 is 30.5 Å². The number of aliphatic hydroxyl groups excluding tert-OH is 1. The highest BCUT2D eigenvalue weighted by atomic mass is 19.4. The maximum Gasteiger partial charge on any atom is 0.416 e. The molecule has 2 aliphatic heterocycles. The molecule has 210 valence electrons. The first-order valence-electron chi connectivity index (χ1n) is 12.7. The van der Waals surface area contributed by atoms with Crippen LogP contribution in [0.15, 0.2) is 67.0 Å². The molecule has 0 radical (unpaired) electrons. The van der Waals surface area contributed by atoms with E-state index in [1.807, 2.05) is 6.07 Å². The number of amides is 3. The molecule has 0 saturated carbocycles. The Morgan fingerprint density at radius 3 is 2.50 bits per heavy atom. The van der Waals surface area contributed by atoms with Gasteiger partial charge in [0.2, 0.25) is 5.91 Å². The molecule has 2 aromatic carbocycles. The van der Waals surface area contributed by atoms with Crippen LogP contribution in [-0.4, -0.2) is 46.9 Å². The van der Waals surface area contributed by atoms with Gasteiger partial charge in [-0.3, -0.25) is 9.78 Å². The molecule has 1 fully saturated rings. The van der Waals surface area contributed by atoms with E-state index in [1.54, 1.807) is 36.7 Å². The van der Waals surface area contributed by atoms with E-state index in [1.165, 1.54) is 12.1 Å². The number of aromatic nitrogens is 1. The van der Waals surface area contributed by atoms with Crippen LogP contribution in [0.25, 0.3) is 0 Å². The van der Waals surface area contributed by atoms with Gasteiger partial charge in [0, 0.05) is 41.8 Å². The van der Waals surface area contributed by atoms with E-state index in [-0.39, 0.29) is 30.5 Å². The van der Waals surface area contributed by atoms with Gasteiger partial charge in [-0.2, -0.15) is 13.2 Å². The van der Waals surface area contributed by atoms with Gasteiger partial charge >= 0.3 is 12.2 Å². The van der Waals surface area contributed by atoms with Gasteiger partial charge in [-0.1, -0.05) is 6.07 Å². The van der Waals surface area contributed by atoms with Gasteiger partial charge in [0.15, 0.2) is 0 Å². The highest BCUT2D eigenvalue weighted by Gasteiger charge is 2.46. The van der Waals surface area contributed by atoms with Crippen molar-refractivity contribution in [1.82, 2.24) is 10.3 Å². The van der Waals surface area contributed by atoms with Crippen LogP contribution >= 0.6 is 0 Å². The average Bonchev–Trinajstić information content (AvgIpc) is 3.30. The number of urea groups is 1. The van der Waals surface area contributed by atoms with Crippen LogP contribution in [0.2, 0.25) is 0 Å². The Kier molecular flexibility index (Phi) is 7.90. The predicted octanol–water partition coefficient (Wildman–Crippen LogP) is 4.45. The Hall–Kier alpha value is -4.16. The normalized spacial score (nSPS) is 21.5. The third kappa shape index (κ3) is 6.35. The molecular weight excluding hydrogens is 529 g/mol. The number of carbonyl (C=O) groups excluding carboxylic acids is 2. The molecule has 3 heterocycles. The van der Waals surface area contributed by atoms with Crippen molar-refractivity contribution in [1.29, 1.82) is 0 Å². The third-order valence-corrected chi connectivity index (χ3v) is 6.85. The molecule has 1 saturated heterocycles. The van der Waals surface area contributed by atoms with E-state index in [0.717, 1.165) is 23.3 Å². The fourth-order valence-electron chi connectivity index (χ4n) is 4.99. The van der Waals surface area contributed by atoms with Crippen molar-refractivity contribution in [2.24, 2.45) is 0 Å². The Labute approximate surface area is 227 Å². The van der Waals surface area contributed by atoms with Crippen molar-refractivity contribution >= 4 is 23.3 Å². The number of nitrogens with zero attached hydrogens (tertiary/aromatic N) is 1. The minimum absolute atomic E-state index is 0.1000. The van der Waals surface area contributed by atoms with Crippen molar-refractivity contribution < 1.29 is 37.3 Å². The monoisotopic (exact) mass is 556 g/mol. The zero-order valence-electron chi connectivity index (χ0n) is 21.1. The van der Waals surface area contributed by atoms with Crippen LogP contribution in [0.3, 0.4) is 0 Å². The van der Waals surface area contributed by atoms with Crippen LogP contribution in [0.5, 0.6) is 5.75 Å². The van der Waals surface area contributed by atoms with Crippen LogP contribution in [-0.2, 0) is 22.3 Å².